The molecular formula is C24H37BrMgO2. The molecule has 1 fully saturated rings. The van der Waals surface area contributed by atoms with Gasteiger partial charge in [-0.1, -0.05) is 119 Å². The second-order valence-electron chi connectivity index (χ2n) is 8.14. The van der Waals surface area contributed by atoms with Crippen LogP contribution in [0.4, 0.5) is 0 Å². The molecule has 154 valence electrons. The zero-order chi connectivity index (χ0) is 18.5. The minimum absolute atomic E-state index is 0. The van der Waals surface area contributed by atoms with E-state index in [-0.39, 0.29) is 40.0 Å². The van der Waals surface area contributed by atoms with Gasteiger partial charge in [0, 0.05) is 12.8 Å². The second kappa shape index (κ2) is 16.8. The van der Waals surface area contributed by atoms with Gasteiger partial charge in [-0.05, 0) is 12.8 Å². The molecule has 2 rings (SSSR count). The van der Waals surface area contributed by atoms with E-state index in [0.717, 1.165) is 82.6 Å². The zero-order valence-electron chi connectivity index (χ0n) is 17.6. The summed E-state index contributed by atoms with van der Waals surface area (Å²) in [5.74, 6) is 0.463. The predicted octanol–water partition coefficient (Wildman–Crippen LogP) is 2.69. The smallest absolute Gasteiger partial charge is 1.00 e. The molecule has 0 N–H and O–H groups in total. The number of hydrogen-bond acceptors (Lipinski definition) is 2. The predicted molar refractivity (Wildman–Crippen MR) is 113 cm³/mol. The Kier molecular flexibility index (Phi) is 16.9. The van der Waals surface area contributed by atoms with Crippen molar-refractivity contribution in [3.05, 3.63) is 35.9 Å². The summed E-state index contributed by atoms with van der Waals surface area (Å²) in [6.07, 6.45) is 16.6. The fourth-order valence-corrected chi connectivity index (χ4v) is 4.16. The van der Waals surface area contributed by atoms with Crippen molar-refractivity contribution in [2.75, 3.05) is 0 Å². The zero-order valence-corrected chi connectivity index (χ0v) is 20.6. The van der Waals surface area contributed by atoms with Crippen molar-refractivity contribution in [1.29, 1.82) is 0 Å². The minimum Gasteiger partial charge on any atom is -1.00 e. The number of carbonyl (C=O) groups excluding carboxylic acids is 1. The molecule has 1 aliphatic rings. The Morgan fingerprint density at radius 2 is 1.04 bits per heavy atom. The van der Waals surface area contributed by atoms with Gasteiger partial charge in [-0.25, -0.2) is 0 Å². The van der Waals surface area contributed by atoms with Gasteiger partial charge in [-0.2, -0.15) is 0 Å². The third-order valence-corrected chi connectivity index (χ3v) is 5.87. The first-order chi connectivity index (χ1) is 12.7. The largest absolute Gasteiger partial charge is 2.00 e. The fraction of sp³-hybridized carbons (Fsp3) is 0.708. The van der Waals surface area contributed by atoms with Crippen molar-refractivity contribution in [1.82, 2.24) is 0 Å². The van der Waals surface area contributed by atoms with Gasteiger partial charge < -0.3 is 22.1 Å². The number of rotatable bonds is 1. The summed E-state index contributed by atoms with van der Waals surface area (Å²) in [6, 6.07) is 10.0. The van der Waals surface area contributed by atoms with Crippen LogP contribution in [-0.4, -0.2) is 28.8 Å². The van der Waals surface area contributed by atoms with Crippen LogP contribution >= 0.6 is 0 Å². The topological polar surface area (TPSA) is 40.1 Å². The van der Waals surface area contributed by atoms with Crippen LogP contribution in [0.15, 0.2) is 30.3 Å². The van der Waals surface area contributed by atoms with Crippen molar-refractivity contribution >= 4 is 28.8 Å². The van der Waals surface area contributed by atoms with E-state index in [4.69, 9.17) is 0 Å². The number of ketones is 1. The van der Waals surface area contributed by atoms with Crippen LogP contribution in [0.5, 0.6) is 0 Å². The van der Waals surface area contributed by atoms with E-state index in [1.807, 2.05) is 30.3 Å². The number of benzene rings is 1. The van der Waals surface area contributed by atoms with Crippen LogP contribution in [0.3, 0.4) is 0 Å². The van der Waals surface area contributed by atoms with E-state index in [1.54, 1.807) is 0 Å². The molecule has 0 aromatic heterocycles. The number of halogens is 1. The SMILES string of the molecule is O=C1CCCCCCCCC([O-])(c2ccccc2)CCCCCCCC1.[Br-].[Mg+2]. The van der Waals surface area contributed by atoms with Crippen molar-refractivity contribution in [2.24, 2.45) is 0 Å². The molecule has 2 nitrogen and oxygen atoms in total. The summed E-state index contributed by atoms with van der Waals surface area (Å²) in [5, 5.41) is 13.5. The van der Waals surface area contributed by atoms with E-state index < -0.39 is 5.60 Å². The third-order valence-electron chi connectivity index (χ3n) is 5.87. The molecule has 1 aromatic carbocycles. The summed E-state index contributed by atoms with van der Waals surface area (Å²) < 4.78 is 0. The Morgan fingerprint density at radius 3 is 1.50 bits per heavy atom. The number of carbonyl (C=O) groups is 1. The van der Waals surface area contributed by atoms with Gasteiger partial charge in [-0.15, -0.1) is 0 Å². The molecule has 0 unspecified atom stereocenters. The molecular weight excluding hydrogens is 424 g/mol. The van der Waals surface area contributed by atoms with E-state index in [9.17, 15) is 9.90 Å². The quantitative estimate of drug-likeness (QED) is 0.603. The van der Waals surface area contributed by atoms with E-state index >= 15 is 0 Å². The Labute approximate surface area is 199 Å². The van der Waals surface area contributed by atoms with Gasteiger partial charge in [0.05, 0.1) is 0 Å². The fourth-order valence-electron chi connectivity index (χ4n) is 4.16. The van der Waals surface area contributed by atoms with E-state index in [0.29, 0.717) is 5.78 Å². The Balaban J connectivity index is 0.00000364. The van der Waals surface area contributed by atoms with E-state index in [1.165, 1.54) is 25.7 Å². The minimum atomic E-state index is -0.904. The van der Waals surface area contributed by atoms with Gasteiger partial charge in [0.2, 0.25) is 0 Å². The van der Waals surface area contributed by atoms with Crippen molar-refractivity contribution in [3.63, 3.8) is 0 Å². The Morgan fingerprint density at radius 1 is 0.643 bits per heavy atom. The maximum absolute atomic E-state index is 13.5. The first kappa shape index (κ1) is 28.1. The maximum atomic E-state index is 13.5. The second-order valence-corrected chi connectivity index (χ2v) is 8.14. The van der Waals surface area contributed by atoms with E-state index in [2.05, 4.69) is 0 Å². The molecule has 0 aliphatic heterocycles. The monoisotopic (exact) mass is 460 g/mol. The summed E-state index contributed by atoms with van der Waals surface area (Å²) in [7, 11) is 0. The van der Waals surface area contributed by atoms with Crippen molar-refractivity contribution < 1.29 is 26.9 Å². The van der Waals surface area contributed by atoms with Crippen LogP contribution in [0, 0.1) is 0 Å². The molecule has 4 heteroatoms. The van der Waals surface area contributed by atoms with Gasteiger partial charge in [0.25, 0.3) is 0 Å². The molecule has 0 atom stereocenters. The van der Waals surface area contributed by atoms with Crippen LogP contribution in [0.1, 0.15) is 108 Å². The third kappa shape index (κ3) is 11.3. The number of hydrogen-bond donors (Lipinski definition) is 0. The van der Waals surface area contributed by atoms with Crippen molar-refractivity contribution in [2.45, 2.75) is 108 Å². The standard InChI is InChI=1S/C24H37O2.BrH.Mg/c25-23-18-12-5-1-3-7-14-20-24(26,22-16-10-9-11-17-22)21-15-8-4-2-6-13-19-23;;/h9-11,16-17H,1-8,12-15,18-21H2;1H;/q-1;;+2/p-1. The summed E-state index contributed by atoms with van der Waals surface area (Å²) in [4.78, 5) is 11.8. The summed E-state index contributed by atoms with van der Waals surface area (Å²) in [6.45, 7) is 0. The van der Waals surface area contributed by atoms with Crippen LogP contribution in [0.25, 0.3) is 0 Å². The molecule has 1 aliphatic carbocycles. The molecule has 0 saturated heterocycles. The van der Waals surface area contributed by atoms with Crippen molar-refractivity contribution in [3.8, 4) is 0 Å². The molecule has 0 radical (unpaired) electrons. The molecule has 28 heavy (non-hydrogen) atoms. The molecule has 1 saturated carbocycles. The van der Waals surface area contributed by atoms with Crippen LogP contribution in [-0.2, 0) is 10.4 Å². The van der Waals surface area contributed by atoms with Gasteiger partial charge >= 0.3 is 23.1 Å². The summed E-state index contributed by atoms with van der Waals surface area (Å²) in [5.41, 5.74) is 0.0759. The molecule has 0 spiro atoms. The van der Waals surface area contributed by atoms with Crippen LogP contribution < -0.4 is 22.1 Å². The Hall–Kier alpha value is 0.0962. The van der Waals surface area contributed by atoms with Gasteiger partial charge in [-0.3, -0.25) is 4.79 Å². The number of Topliss-reactive ketones (excluding diaryl/α,β-unsaturated/α-hetero) is 1. The average molecular weight is 462 g/mol. The first-order valence-electron chi connectivity index (χ1n) is 11.0. The maximum Gasteiger partial charge on any atom is 2.00 e. The first-order valence-corrected chi connectivity index (χ1v) is 11.0. The molecule has 0 amide bonds. The molecule has 1 aromatic rings. The van der Waals surface area contributed by atoms with Crippen LogP contribution in [0.2, 0.25) is 0 Å². The normalized spacial score (nSPS) is 20.7. The average Bonchev–Trinajstić information content (AvgIpc) is 2.66. The van der Waals surface area contributed by atoms with Gasteiger partial charge in [0.15, 0.2) is 0 Å². The Bertz CT molecular complexity index is 485. The summed E-state index contributed by atoms with van der Waals surface area (Å²) >= 11 is 0. The molecule has 0 bridgehead atoms. The molecule has 0 heterocycles. The van der Waals surface area contributed by atoms with Gasteiger partial charge in [0.1, 0.15) is 5.78 Å².